The Hall–Kier alpha value is -4.01. The van der Waals surface area contributed by atoms with E-state index in [0.717, 1.165) is 5.56 Å². The summed E-state index contributed by atoms with van der Waals surface area (Å²) in [5, 5.41) is 24.4. The molecule has 0 aliphatic carbocycles. The van der Waals surface area contributed by atoms with Crippen molar-refractivity contribution in [3.63, 3.8) is 0 Å². The van der Waals surface area contributed by atoms with Gasteiger partial charge in [-0.25, -0.2) is 0 Å². The molecule has 0 radical (unpaired) electrons. The summed E-state index contributed by atoms with van der Waals surface area (Å²) in [5.74, 6) is -0.438. The number of hydrogen-bond acceptors (Lipinski definition) is 5. The van der Waals surface area contributed by atoms with Crippen LogP contribution in [0.15, 0.2) is 60.8 Å². The molecule has 1 unspecified atom stereocenters. The second-order valence-electron chi connectivity index (χ2n) is 7.51. The minimum atomic E-state index is -0.545. The fourth-order valence-electron chi connectivity index (χ4n) is 3.48. The van der Waals surface area contributed by atoms with Gasteiger partial charge in [0, 0.05) is 12.3 Å². The first-order valence-corrected chi connectivity index (χ1v) is 9.90. The quantitative estimate of drug-likeness (QED) is 0.363. The smallest absolute Gasteiger partial charge is 0.358 e. The van der Waals surface area contributed by atoms with Crippen LogP contribution < -0.4 is 5.32 Å². The average molecular weight is 418 g/mol. The Balaban J connectivity index is 1.41. The zero-order valence-corrected chi connectivity index (χ0v) is 17.2. The molecule has 2 heterocycles. The zero-order valence-electron chi connectivity index (χ0n) is 17.2. The summed E-state index contributed by atoms with van der Waals surface area (Å²) in [6.07, 6.45) is 1.82. The number of nitro groups is 1. The molecule has 1 N–H and O–H groups in total. The summed E-state index contributed by atoms with van der Waals surface area (Å²) in [4.78, 5) is 22.9. The molecule has 31 heavy (non-hydrogen) atoms. The Morgan fingerprint density at radius 3 is 2.71 bits per heavy atom. The van der Waals surface area contributed by atoms with Crippen LogP contribution in [0, 0.1) is 23.0 Å². The van der Waals surface area contributed by atoms with Crippen molar-refractivity contribution in [3.8, 4) is 0 Å². The highest BCUT2D eigenvalue weighted by atomic mass is 16.6. The van der Waals surface area contributed by atoms with E-state index in [2.05, 4.69) is 39.8 Å². The molecule has 2 aromatic carbocycles. The number of carbonyl (C=O) groups excluding carboxylic acids is 1. The van der Waals surface area contributed by atoms with Crippen molar-refractivity contribution < 1.29 is 9.72 Å². The number of anilines is 1. The molecule has 2 aromatic heterocycles. The van der Waals surface area contributed by atoms with Crippen LogP contribution >= 0.6 is 0 Å². The van der Waals surface area contributed by atoms with Crippen molar-refractivity contribution in [1.82, 2.24) is 19.6 Å². The first kappa shape index (κ1) is 20.3. The summed E-state index contributed by atoms with van der Waals surface area (Å²) in [7, 11) is 0. The Morgan fingerprint density at radius 2 is 1.94 bits per heavy atom. The molecule has 0 bridgehead atoms. The van der Waals surface area contributed by atoms with E-state index in [1.807, 2.05) is 24.4 Å². The van der Waals surface area contributed by atoms with Crippen LogP contribution in [-0.2, 0) is 17.9 Å². The molecular weight excluding hydrogens is 396 g/mol. The molecular formula is C22H22N6O3. The van der Waals surface area contributed by atoms with Gasteiger partial charge in [0.05, 0.1) is 35.9 Å². The van der Waals surface area contributed by atoms with E-state index in [0.29, 0.717) is 18.1 Å². The molecule has 0 saturated carbocycles. The number of aryl methyl sites for hydroxylation is 1. The maximum absolute atomic E-state index is 12.6. The first-order valence-electron chi connectivity index (χ1n) is 9.90. The van der Waals surface area contributed by atoms with E-state index in [4.69, 9.17) is 0 Å². The number of rotatable bonds is 7. The lowest BCUT2D eigenvalue weighted by Crippen LogP contribution is -2.25. The highest BCUT2D eigenvalue weighted by molar-refractivity contribution is 5.91. The number of benzene rings is 2. The highest BCUT2D eigenvalue weighted by Gasteiger charge is 2.21. The van der Waals surface area contributed by atoms with Crippen LogP contribution in [0.25, 0.3) is 10.8 Å². The summed E-state index contributed by atoms with van der Waals surface area (Å²) in [6.45, 7) is 4.29. The maximum Gasteiger partial charge on any atom is 0.390 e. The average Bonchev–Trinajstić information content (AvgIpc) is 3.34. The van der Waals surface area contributed by atoms with Crippen molar-refractivity contribution in [1.29, 1.82) is 0 Å². The number of amides is 1. The number of aromatic nitrogens is 4. The maximum atomic E-state index is 12.6. The van der Waals surface area contributed by atoms with E-state index in [9.17, 15) is 14.9 Å². The molecule has 0 fully saturated rings. The largest absolute Gasteiger partial charge is 0.390 e. The van der Waals surface area contributed by atoms with Gasteiger partial charge in [-0.15, -0.1) is 0 Å². The van der Waals surface area contributed by atoms with Crippen LogP contribution in [0.2, 0.25) is 0 Å². The van der Waals surface area contributed by atoms with Crippen molar-refractivity contribution >= 4 is 28.3 Å². The van der Waals surface area contributed by atoms with Gasteiger partial charge in [0.25, 0.3) is 0 Å². The molecule has 0 saturated heterocycles. The molecule has 9 nitrogen and oxygen atoms in total. The molecule has 158 valence electrons. The highest BCUT2D eigenvalue weighted by Crippen LogP contribution is 2.20. The molecule has 0 aliphatic heterocycles. The van der Waals surface area contributed by atoms with E-state index in [1.165, 1.54) is 21.5 Å². The standard InChI is InChI=1S/C22H22N6O3/c1-15(13-27-16(2)12-21(25-27)28(30)31)22(29)23-20-10-11-26(24-20)14-18-8-5-7-17-6-3-4-9-19(17)18/h3-12,15H,13-14H2,1-2H3,(H,23,24,29). The minimum absolute atomic E-state index is 0.225. The van der Waals surface area contributed by atoms with E-state index < -0.39 is 10.8 Å². The van der Waals surface area contributed by atoms with E-state index in [-0.39, 0.29) is 18.3 Å². The molecule has 4 aromatic rings. The second kappa shape index (κ2) is 8.39. The van der Waals surface area contributed by atoms with Gasteiger partial charge >= 0.3 is 5.82 Å². The fraction of sp³-hybridized carbons (Fsp3) is 0.227. The third-order valence-corrected chi connectivity index (χ3v) is 5.15. The van der Waals surface area contributed by atoms with Crippen LogP contribution in [0.3, 0.4) is 0 Å². The lowest BCUT2D eigenvalue weighted by molar-refractivity contribution is -0.389. The first-order chi connectivity index (χ1) is 14.9. The zero-order chi connectivity index (χ0) is 22.0. The molecule has 0 spiro atoms. The lowest BCUT2D eigenvalue weighted by atomic mass is 10.0. The Bertz CT molecular complexity index is 1250. The predicted octanol–water partition coefficient (Wildman–Crippen LogP) is 3.77. The third-order valence-electron chi connectivity index (χ3n) is 5.15. The lowest BCUT2D eigenvalue weighted by Gasteiger charge is -2.10. The minimum Gasteiger partial charge on any atom is -0.358 e. The fourth-order valence-corrected chi connectivity index (χ4v) is 3.48. The van der Waals surface area contributed by atoms with Gasteiger partial charge in [0.2, 0.25) is 5.91 Å². The van der Waals surface area contributed by atoms with Gasteiger partial charge in [-0.3, -0.25) is 9.48 Å². The molecule has 0 aliphatic rings. The molecule has 1 amide bonds. The van der Waals surface area contributed by atoms with Gasteiger partial charge in [-0.05, 0) is 28.2 Å². The molecule has 4 rings (SSSR count). The van der Waals surface area contributed by atoms with Gasteiger partial charge in [0.1, 0.15) is 0 Å². The van der Waals surface area contributed by atoms with Gasteiger partial charge in [-0.2, -0.15) is 9.78 Å². The number of hydrogen-bond donors (Lipinski definition) is 1. The summed E-state index contributed by atoms with van der Waals surface area (Å²) < 4.78 is 3.25. The van der Waals surface area contributed by atoms with Crippen LogP contribution in [0.1, 0.15) is 18.2 Å². The van der Waals surface area contributed by atoms with Crippen molar-refractivity contribution in [2.45, 2.75) is 26.9 Å². The van der Waals surface area contributed by atoms with E-state index in [1.54, 1.807) is 24.6 Å². The van der Waals surface area contributed by atoms with Gasteiger partial charge in [-0.1, -0.05) is 49.4 Å². The normalized spacial score (nSPS) is 12.1. The SMILES string of the molecule is Cc1cc([N+](=O)[O-])nn1CC(C)C(=O)Nc1ccn(Cc2cccc3ccccc23)n1. The van der Waals surface area contributed by atoms with Crippen LogP contribution in [0.5, 0.6) is 0 Å². The van der Waals surface area contributed by atoms with Crippen LogP contribution in [-0.4, -0.2) is 30.4 Å². The van der Waals surface area contributed by atoms with E-state index >= 15 is 0 Å². The second-order valence-corrected chi connectivity index (χ2v) is 7.51. The van der Waals surface area contributed by atoms with Crippen molar-refractivity contribution in [2.75, 3.05) is 5.32 Å². The number of fused-ring (bicyclic) bond motifs is 1. The van der Waals surface area contributed by atoms with Crippen molar-refractivity contribution in [2.24, 2.45) is 5.92 Å². The topological polar surface area (TPSA) is 108 Å². The summed E-state index contributed by atoms with van der Waals surface area (Å²) in [6, 6.07) is 17.5. The Kier molecular flexibility index (Phi) is 5.48. The summed E-state index contributed by atoms with van der Waals surface area (Å²) in [5.41, 5.74) is 1.77. The number of nitrogens with zero attached hydrogens (tertiary/aromatic N) is 5. The summed E-state index contributed by atoms with van der Waals surface area (Å²) >= 11 is 0. The monoisotopic (exact) mass is 418 g/mol. The Labute approximate surface area is 178 Å². The van der Waals surface area contributed by atoms with Gasteiger partial charge in [0.15, 0.2) is 5.82 Å². The third kappa shape index (κ3) is 4.45. The predicted molar refractivity (Wildman–Crippen MR) is 117 cm³/mol. The number of nitrogens with one attached hydrogen (secondary N) is 1. The van der Waals surface area contributed by atoms with Crippen molar-refractivity contribution in [3.05, 3.63) is 82.2 Å². The Morgan fingerprint density at radius 1 is 1.16 bits per heavy atom. The van der Waals surface area contributed by atoms with Crippen LogP contribution in [0.4, 0.5) is 11.6 Å². The molecule has 1 atom stereocenters. The van der Waals surface area contributed by atoms with Gasteiger partial charge < -0.3 is 15.4 Å². The molecule has 9 heteroatoms. The number of carbonyl (C=O) groups is 1.